The average molecular weight is 283 g/mol. The number of phenols is 1. The number of hydrazone groups is 1. The first-order valence-corrected chi connectivity index (χ1v) is 6.53. The van der Waals surface area contributed by atoms with Crippen LogP contribution in [0, 0.1) is 0 Å². The first-order chi connectivity index (χ1) is 10.2. The quantitative estimate of drug-likeness (QED) is 0.651. The summed E-state index contributed by atoms with van der Waals surface area (Å²) in [5.74, 6) is -0.107. The molecular formula is C16H17N3O2. The average Bonchev–Trinajstić information content (AvgIpc) is 2.50. The summed E-state index contributed by atoms with van der Waals surface area (Å²) in [7, 11) is 1.83. The second kappa shape index (κ2) is 7.09. The third kappa shape index (κ3) is 4.35. The van der Waals surface area contributed by atoms with Crippen LogP contribution in [0.2, 0.25) is 0 Å². The maximum absolute atomic E-state index is 11.8. The summed E-state index contributed by atoms with van der Waals surface area (Å²) in [5.41, 5.74) is 3.94. The first kappa shape index (κ1) is 14.6. The number of phenolic OH excluding ortho intramolecular Hbond substituents is 1. The SMILES string of the molecule is CN(CC(=O)NN=Cc1ccccc1O)c1ccccc1. The summed E-state index contributed by atoms with van der Waals surface area (Å²) in [4.78, 5) is 13.6. The van der Waals surface area contributed by atoms with E-state index in [9.17, 15) is 9.90 Å². The Bertz CT molecular complexity index is 626. The number of likely N-dealkylation sites (N-methyl/N-ethyl adjacent to an activating group) is 1. The van der Waals surface area contributed by atoms with E-state index >= 15 is 0 Å². The van der Waals surface area contributed by atoms with Crippen LogP contribution in [0.5, 0.6) is 5.75 Å². The van der Waals surface area contributed by atoms with Gasteiger partial charge in [-0.1, -0.05) is 30.3 Å². The van der Waals surface area contributed by atoms with Crippen LogP contribution >= 0.6 is 0 Å². The standard InChI is InChI=1S/C16H17N3O2/c1-19(14-8-3-2-4-9-14)12-16(21)18-17-11-13-7-5-6-10-15(13)20/h2-11,20H,12H2,1H3,(H,18,21). The number of nitrogens with zero attached hydrogens (tertiary/aromatic N) is 2. The van der Waals surface area contributed by atoms with E-state index in [0.29, 0.717) is 5.56 Å². The Morgan fingerprint density at radius 1 is 1.19 bits per heavy atom. The highest BCUT2D eigenvalue weighted by Crippen LogP contribution is 2.12. The van der Waals surface area contributed by atoms with E-state index in [-0.39, 0.29) is 18.2 Å². The molecule has 2 aromatic rings. The molecule has 2 N–H and O–H groups in total. The van der Waals surface area contributed by atoms with Crippen LogP contribution in [0.15, 0.2) is 59.7 Å². The van der Waals surface area contributed by atoms with E-state index < -0.39 is 0 Å². The molecule has 2 rings (SSSR count). The fraction of sp³-hybridized carbons (Fsp3) is 0.125. The van der Waals surface area contributed by atoms with E-state index in [4.69, 9.17) is 0 Å². The fourth-order valence-electron chi connectivity index (χ4n) is 1.80. The second-order valence-corrected chi connectivity index (χ2v) is 4.54. The Hall–Kier alpha value is -2.82. The molecule has 5 heteroatoms. The van der Waals surface area contributed by atoms with E-state index in [1.165, 1.54) is 6.21 Å². The van der Waals surface area contributed by atoms with Gasteiger partial charge in [-0.25, -0.2) is 5.43 Å². The predicted molar refractivity (Wildman–Crippen MR) is 83.6 cm³/mol. The minimum Gasteiger partial charge on any atom is -0.507 e. The molecule has 0 aliphatic rings. The molecule has 5 nitrogen and oxygen atoms in total. The van der Waals surface area contributed by atoms with Crippen LogP contribution in [0.1, 0.15) is 5.56 Å². The molecule has 0 aliphatic heterocycles. The Labute approximate surface area is 123 Å². The third-order valence-electron chi connectivity index (χ3n) is 2.91. The number of hydrogen-bond donors (Lipinski definition) is 2. The van der Waals surface area contributed by atoms with Crippen molar-refractivity contribution in [2.45, 2.75) is 0 Å². The number of amides is 1. The van der Waals surface area contributed by atoms with Gasteiger partial charge in [0.15, 0.2) is 0 Å². The lowest BCUT2D eigenvalue weighted by Crippen LogP contribution is -2.32. The largest absolute Gasteiger partial charge is 0.507 e. The molecule has 0 atom stereocenters. The topological polar surface area (TPSA) is 64.9 Å². The summed E-state index contributed by atoms with van der Waals surface area (Å²) >= 11 is 0. The Kier molecular flexibility index (Phi) is 4.93. The molecule has 0 saturated heterocycles. The number of hydrogen-bond acceptors (Lipinski definition) is 4. The van der Waals surface area contributed by atoms with Gasteiger partial charge < -0.3 is 10.0 Å². The summed E-state index contributed by atoms with van der Waals surface area (Å²) in [6.07, 6.45) is 1.41. The highest BCUT2D eigenvalue weighted by atomic mass is 16.3. The molecule has 0 radical (unpaired) electrons. The van der Waals surface area contributed by atoms with E-state index in [0.717, 1.165) is 5.69 Å². The maximum Gasteiger partial charge on any atom is 0.259 e. The number of nitrogens with one attached hydrogen (secondary N) is 1. The number of benzene rings is 2. The fourth-order valence-corrected chi connectivity index (χ4v) is 1.80. The van der Waals surface area contributed by atoms with Crippen molar-refractivity contribution in [3.63, 3.8) is 0 Å². The van der Waals surface area contributed by atoms with Crippen molar-refractivity contribution in [3.05, 3.63) is 60.2 Å². The molecular weight excluding hydrogens is 266 g/mol. The van der Waals surface area contributed by atoms with Crippen molar-refractivity contribution in [3.8, 4) is 5.75 Å². The van der Waals surface area contributed by atoms with Gasteiger partial charge in [0.25, 0.3) is 5.91 Å². The van der Waals surface area contributed by atoms with E-state index in [2.05, 4.69) is 10.5 Å². The lowest BCUT2D eigenvalue weighted by Gasteiger charge is -2.17. The smallest absolute Gasteiger partial charge is 0.259 e. The van der Waals surface area contributed by atoms with E-state index in [1.54, 1.807) is 24.3 Å². The highest BCUT2D eigenvalue weighted by molar-refractivity contribution is 5.86. The molecule has 0 aliphatic carbocycles. The van der Waals surface area contributed by atoms with Crippen LogP contribution in [-0.4, -0.2) is 30.8 Å². The Morgan fingerprint density at radius 2 is 1.86 bits per heavy atom. The van der Waals surface area contributed by atoms with Gasteiger partial charge in [-0.2, -0.15) is 5.10 Å². The molecule has 0 saturated carbocycles. The normalized spacial score (nSPS) is 10.5. The van der Waals surface area contributed by atoms with Crippen molar-refractivity contribution in [2.24, 2.45) is 5.10 Å². The molecule has 0 bridgehead atoms. The molecule has 0 unspecified atom stereocenters. The van der Waals surface area contributed by atoms with Crippen molar-refractivity contribution >= 4 is 17.8 Å². The highest BCUT2D eigenvalue weighted by Gasteiger charge is 2.05. The van der Waals surface area contributed by atoms with Crippen LogP contribution in [0.25, 0.3) is 0 Å². The van der Waals surface area contributed by atoms with Crippen molar-refractivity contribution < 1.29 is 9.90 Å². The minimum absolute atomic E-state index is 0.122. The lowest BCUT2D eigenvalue weighted by atomic mass is 10.2. The molecule has 0 heterocycles. The summed E-state index contributed by atoms with van der Waals surface area (Å²) < 4.78 is 0. The number of rotatable bonds is 5. The number of anilines is 1. The second-order valence-electron chi connectivity index (χ2n) is 4.54. The van der Waals surface area contributed by atoms with Gasteiger partial charge in [0.1, 0.15) is 5.75 Å². The lowest BCUT2D eigenvalue weighted by molar-refractivity contribution is -0.119. The van der Waals surface area contributed by atoms with E-state index in [1.807, 2.05) is 42.3 Å². The summed E-state index contributed by atoms with van der Waals surface area (Å²) in [6.45, 7) is 0.197. The first-order valence-electron chi connectivity index (χ1n) is 6.53. The summed E-state index contributed by atoms with van der Waals surface area (Å²) in [5, 5.41) is 13.4. The number of para-hydroxylation sites is 2. The molecule has 21 heavy (non-hydrogen) atoms. The van der Waals surface area contributed by atoms with Crippen molar-refractivity contribution in [1.82, 2.24) is 5.43 Å². The zero-order chi connectivity index (χ0) is 15.1. The van der Waals surface area contributed by atoms with Crippen LogP contribution in [0.4, 0.5) is 5.69 Å². The van der Waals surface area contributed by atoms with Crippen LogP contribution in [-0.2, 0) is 4.79 Å². The van der Waals surface area contributed by atoms with Crippen molar-refractivity contribution in [1.29, 1.82) is 0 Å². The van der Waals surface area contributed by atoms with Gasteiger partial charge in [-0.05, 0) is 24.3 Å². The zero-order valence-corrected chi connectivity index (χ0v) is 11.7. The predicted octanol–water partition coefficient (Wildman–Crippen LogP) is 1.98. The Morgan fingerprint density at radius 3 is 2.57 bits per heavy atom. The molecule has 108 valence electrons. The zero-order valence-electron chi connectivity index (χ0n) is 11.7. The minimum atomic E-state index is -0.229. The van der Waals surface area contributed by atoms with Crippen LogP contribution in [0.3, 0.4) is 0 Å². The van der Waals surface area contributed by atoms with Gasteiger partial charge in [0.05, 0.1) is 12.8 Å². The molecule has 2 aromatic carbocycles. The van der Waals surface area contributed by atoms with Gasteiger partial charge in [0.2, 0.25) is 0 Å². The van der Waals surface area contributed by atoms with Crippen molar-refractivity contribution in [2.75, 3.05) is 18.5 Å². The van der Waals surface area contributed by atoms with Crippen LogP contribution < -0.4 is 10.3 Å². The number of carbonyl (C=O) groups excluding carboxylic acids is 1. The summed E-state index contributed by atoms with van der Waals surface area (Å²) in [6, 6.07) is 16.4. The number of aromatic hydroxyl groups is 1. The van der Waals surface area contributed by atoms with Gasteiger partial charge in [-0.3, -0.25) is 4.79 Å². The maximum atomic E-state index is 11.8. The molecule has 1 amide bonds. The number of carbonyl (C=O) groups is 1. The third-order valence-corrected chi connectivity index (χ3v) is 2.91. The molecule has 0 fully saturated rings. The van der Waals surface area contributed by atoms with Gasteiger partial charge >= 0.3 is 0 Å². The van der Waals surface area contributed by atoms with Gasteiger partial charge in [-0.15, -0.1) is 0 Å². The molecule has 0 spiro atoms. The molecule has 0 aromatic heterocycles. The van der Waals surface area contributed by atoms with Gasteiger partial charge in [0, 0.05) is 18.3 Å². The Balaban J connectivity index is 1.87. The monoisotopic (exact) mass is 283 g/mol.